The molecule has 0 saturated heterocycles. The average molecular weight is 339 g/mol. The van der Waals surface area contributed by atoms with Crippen LogP contribution in [0.4, 0.5) is 0 Å². The number of hydrogen-bond acceptors (Lipinski definition) is 4. The molecule has 1 N–H and O–H groups in total. The maximum absolute atomic E-state index is 12.5. The minimum atomic E-state index is -0.178. The summed E-state index contributed by atoms with van der Waals surface area (Å²) >= 11 is 0. The lowest BCUT2D eigenvalue weighted by Crippen LogP contribution is -2.50. The van der Waals surface area contributed by atoms with Crippen molar-refractivity contribution in [2.24, 2.45) is 0 Å². The summed E-state index contributed by atoms with van der Waals surface area (Å²) in [7, 11) is 0. The van der Waals surface area contributed by atoms with Crippen molar-refractivity contribution >= 4 is 5.91 Å². The third-order valence-electron chi connectivity index (χ3n) is 5.66. The Labute approximate surface area is 148 Å². The molecule has 1 aromatic heterocycles. The van der Waals surface area contributed by atoms with Crippen LogP contribution in [0, 0.1) is 0 Å². The second-order valence-corrected chi connectivity index (χ2v) is 7.37. The van der Waals surface area contributed by atoms with Crippen molar-refractivity contribution in [1.29, 1.82) is 0 Å². The summed E-state index contributed by atoms with van der Waals surface area (Å²) in [5.41, 5.74) is 1.03. The van der Waals surface area contributed by atoms with Crippen LogP contribution in [0.1, 0.15) is 74.6 Å². The smallest absolute Gasteiger partial charge is 0.221 e. The number of aromatic nitrogens is 2. The van der Waals surface area contributed by atoms with E-state index in [2.05, 4.69) is 27.6 Å². The van der Waals surface area contributed by atoms with Gasteiger partial charge in [-0.1, -0.05) is 43.2 Å². The van der Waals surface area contributed by atoms with Crippen molar-refractivity contribution in [2.75, 3.05) is 0 Å². The van der Waals surface area contributed by atoms with Gasteiger partial charge in [0.2, 0.25) is 17.7 Å². The summed E-state index contributed by atoms with van der Waals surface area (Å²) in [6, 6.07) is 10.3. The van der Waals surface area contributed by atoms with Gasteiger partial charge in [-0.05, 0) is 37.7 Å². The minimum Gasteiger partial charge on any atom is -0.425 e. The van der Waals surface area contributed by atoms with Gasteiger partial charge in [0, 0.05) is 18.8 Å². The van der Waals surface area contributed by atoms with Crippen LogP contribution in [0.25, 0.3) is 0 Å². The normalized spacial score (nSPS) is 19.5. The number of aryl methyl sites for hydroxylation is 1. The second kappa shape index (κ2) is 6.98. The quantitative estimate of drug-likeness (QED) is 0.868. The third kappa shape index (κ3) is 3.46. The van der Waals surface area contributed by atoms with Gasteiger partial charge in [0.05, 0.1) is 5.54 Å². The predicted molar refractivity (Wildman–Crippen MR) is 93.9 cm³/mol. The standard InChI is InChI=1S/C20H25N3O2/c24-17(21-20(13-6-14-20)16-9-2-1-3-10-16)11-12-18-22-23-19(25-18)15-7-4-5-8-15/h1-3,9-10,15H,4-8,11-14H2,(H,21,24). The largest absolute Gasteiger partial charge is 0.425 e. The lowest BCUT2D eigenvalue weighted by atomic mass is 9.71. The average Bonchev–Trinajstić information content (AvgIpc) is 3.28. The number of nitrogens with zero attached hydrogens (tertiary/aromatic N) is 2. The fourth-order valence-electron chi connectivity index (χ4n) is 4.03. The Balaban J connectivity index is 1.33. The monoisotopic (exact) mass is 339 g/mol. The van der Waals surface area contributed by atoms with Crippen LogP contribution in [0.15, 0.2) is 34.7 Å². The number of carbonyl (C=O) groups is 1. The summed E-state index contributed by atoms with van der Waals surface area (Å²) in [6.07, 6.45) is 8.84. The lowest BCUT2D eigenvalue weighted by Gasteiger charge is -2.43. The van der Waals surface area contributed by atoms with Crippen LogP contribution < -0.4 is 5.32 Å². The van der Waals surface area contributed by atoms with Gasteiger partial charge in [-0.25, -0.2) is 0 Å². The molecule has 2 fully saturated rings. The molecule has 2 aliphatic carbocycles. The molecule has 0 aliphatic heterocycles. The van der Waals surface area contributed by atoms with Gasteiger partial charge in [0.25, 0.3) is 0 Å². The maximum Gasteiger partial charge on any atom is 0.221 e. The molecule has 0 atom stereocenters. The zero-order chi connectivity index (χ0) is 17.1. The molecule has 25 heavy (non-hydrogen) atoms. The number of nitrogens with one attached hydrogen (secondary N) is 1. The highest BCUT2D eigenvalue weighted by molar-refractivity contribution is 5.77. The van der Waals surface area contributed by atoms with E-state index >= 15 is 0 Å². The van der Waals surface area contributed by atoms with Crippen LogP contribution in [-0.2, 0) is 16.8 Å². The summed E-state index contributed by atoms with van der Waals surface area (Å²) in [5.74, 6) is 1.82. The van der Waals surface area contributed by atoms with Crippen molar-refractivity contribution in [3.63, 3.8) is 0 Å². The highest BCUT2D eigenvalue weighted by Gasteiger charge is 2.39. The first-order valence-electron chi connectivity index (χ1n) is 9.44. The number of hydrogen-bond donors (Lipinski definition) is 1. The molecule has 2 saturated carbocycles. The Bertz CT molecular complexity index is 716. The molecule has 0 radical (unpaired) electrons. The molecule has 4 rings (SSSR count). The van der Waals surface area contributed by atoms with E-state index in [1.807, 2.05) is 18.2 Å². The van der Waals surface area contributed by atoms with E-state index in [1.165, 1.54) is 18.4 Å². The Morgan fingerprint density at radius 3 is 2.56 bits per heavy atom. The highest BCUT2D eigenvalue weighted by Crippen LogP contribution is 2.41. The highest BCUT2D eigenvalue weighted by atomic mass is 16.4. The number of carbonyl (C=O) groups excluding carboxylic acids is 1. The topological polar surface area (TPSA) is 68.0 Å². The lowest BCUT2D eigenvalue weighted by molar-refractivity contribution is -0.124. The van der Waals surface area contributed by atoms with E-state index in [9.17, 15) is 4.79 Å². The molecule has 1 aromatic carbocycles. The zero-order valence-corrected chi connectivity index (χ0v) is 14.5. The number of amides is 1. The fraction of sp³-hybridized carbons (Fsp3) is 0.550. The molecule has 1 amide bonds. The van der Waals surface area contributed by atoms with Crippen molar-refractivity contribution in [3.05, 3.63) is 47.7 Å². The van der Waals surface area contributed by atoms with Gasteiger partial charge in [-0.2, -0.15) is 0 Å². The molecule has 2 aliphatic rings. The van der Waals surface area contributed by atoms with E-state index in [1.54, 1.807) is 0 Å². The van der Waals surface area contributed by atoms with Crippen LogP contribution in [0.5, 0.6) is 0 Å². The van der Waals surface area contributed by atoms with Gasteiger partial charge in [-0.3, -0.25) is 4.79 Å². The molecule has 5 nitrogen and oxygen atoms in total. The van der Waals surface area contributed by atoms with Crippen LogP contribution in [-0.4, -0.2) is 16.1 Å². The molecule has 5 heteroatoms. The SMILES string of the molecule is O=C(CCc1nnc(C2CCCC2)o1)NC1(c2ccccc2)CCC1. The van der Waals surface area contributed by atoms with Crippen LogP contribution >= 0.6 is 0 Å². The Hall–Kier alpha value is -2.17. The molecule has 2 aromatic rings. The van der Waals surface area contributed by atoms with Crippen molar-refractivity contribution in [3.8, 4) is 0 Å². The Morgan fingerprint density at radius 2 is 1.88 bits per heavy atom. The molecule has 132 valence electrons. The van der Waals surface area contributed by atoms with Gasteiger partial charge < -0.3 is 9.73 Å². The first-order chi connectivity index (χ1) is 12.3. The van der Waals surface area contributed by atoms with E-state index in [0.29, 0.717) is 24.7 Å². The van der Waals surface area contributed by atoms with Gasteiger partial charge in [-0.15, -0.1) is 10.2 Å². The molecular weight excluding hydrogens is 314 g/mol. The summed E-state index contributed by atoms with van der Waals surface area (Å²) in [6.45, 7) is 0. The summed E-state index contributed by atoms with van der Waals surface area (Å²) in [5, 5.41) is 11.6. The first kappa shape index (κ1) is 16.3. The summed E-state index contributed by atoms with van der Waals surface area (Å²) < 4.78 is 5.77. The minimum absolute atomic E-state index is 0.0594. The van der Waals surface area contributed by atoms with Gasteiger partial charge in [0.15, 0.2) is 0 Å². The fourth-order valence-corrected chi connectivity index (χ4v) is 4.03. The molecule has 0 bridgehead atoms. The first-order valence-corrected chi connectivity index (χ1v) is 9.44. The summed E-state index contributed by atoms with van der Waals surface area (Å²) in [4.78, 5) is 12.5. The predicted octanol–water partition coefficient (Wildman–Crippen LogP) is 3.86. The van der Waals surface area contributed by atoms with Crippen molar-refractivity contribution < 1.29 is 9.21 Å². The van der Waals surface area contributed by atoms with E-state index in [0.717, 1.165) is 38.0 Å². The Morgan fingerprint density at radius 1 is 1.12 bits per heavy atom. The zero-order valence-electron chi connectivity index (χ0n) is 14.5. The molecule has 1 heterocycles. The van der Waals surface area contributed by atoms with Gasteiger partial charge in [0.1, 0.15) is 0 Å². The van der Waals surface area contributed by atoms with E-state index in [4.69, 9.17) is 4.42 Å². The van der Waals surface area contributed by atoms with Crippen molar-refractivity contribution in [1.82, 2.24) is 15.5 Å². The Kier molecular flexibility index (Phi) is 4.55. The van der Waals surface area contributed by atoms with E-state index < -0.39 is 0 Å². The molecular formula is C20H25N3O2. The van der Waals surface area contributed by atoms with Crippen LogP contribution in [0.3, 0.4) is 0 Å². The third-order valence-corrected chi connectivity index (χ3v) is 5.66. The van der Waals surface area contributed by atoms with Gasteiger partial charge >= 0.3 is 0 Å². The number of benzene rings is 1. The van der Waals surface area contributed by atoms with Crippen LogP contribution in [0.2, 0.25) is 0 Å². The maximum atomic E-state index is 12.5. The number of rotatable bonds is 6. The van der Waals surface area contributed by atoms with Crippen molar-refractivity contribution in [2.45, 2.75) is 69.2 Å². The molecule has 0 unspecified atom stereocenters. The molecule has 0 spiro atoms. The second-order valence-electron chi connectivity index (χ2n) is 7.37. The van der Waals surface area contributed by atoms with E-state index in [-0.39, 0.29) is 11.4 Å².